The fourth-order valence-corrected chi connectivity index (χ4v) is 4.28. The van der Waals surface area contributed by atoms with Crippen molar-refractivity contribution in [1.29, 1.82) is 5.26 Å². The summed E-state index contributed by atoms with van der Waals surface area (Å²) in [6, 6.07) is 4.40. The van der Waals surface area contributed by atoms with Crippen molar-refractivity contribution in [3.63, 3.8) is 0 Å². The number of hydrogen-bond acceptors (Lipinski definition) is 5. The van der Waals surface area contributed by atoms with E-state index in [-0.39, 0.29) is 12.3 Å². The molecule has 1 N–H and O–H groups in total. The van der Waals surface area contributed by atoms with E-state index >= 15 is 0 Å². The standard InChI is InChI=1S/C17H20N6O/c1-22(17-14-3-5-19-16(14)20-10-21-17)13-6-11-8-23(9-12(11)7-13)15(24)2-4-18/h3,5,10-13H,2,6-9H2,1H3,(H,19,20,21)/t11-,12?,13-/m0/s1. The minimum atomic E-state index is -0.0263. The van der Waals surface area contributed by atoms with E-state index in [4.69, 9.17) is 5.26 Å². The van der Waals surface area contributed by atoms with Crippen LogP contribution in [-0.4, -0.2) is 51.9 Å². The lowest BCUT2D eigenvalue weighted by Gasteiger charge is -2.27. The summed E-state index contributed by atoms with van der Waals surface area (Å²) in [6.45, 7) is 1.58. The molecule has 0 radical (unpaired) electrons. The van der Waals surface area contributed by atoms with Crippen molar-refractivity contribution < 1.29 is 4.79 Å². The molecule has 1 amide bonds. The number of anilines is 1. The lowest BCUT2D eigenvalue weighted by atomic mass is 10.0. The van der Waals surface area contributed by atoms with Gasteiger partial charge >= 0.3 is 0 Å². The summed E-state index contributed by atoms with van der Waals surface area (Å²) in [4.78, 5) is 27.9. The molecule has 0 aromatic carbocycles. The zero-order valence-corrected chi connectivity index (χ0v) is 13.6. The third-order valence-corrected chi connectivity index (χ3v) is 5.52. The van der Waals surface area contributed by atoms with Crippen LogP contribution in [0.3, 0.4) is 0 Å². The Bertz CT molecular complexity index is 795. The fraction of sp³-hybridized carbons (Fsp3) is 0.529. The van der Waals surface area contributed by atoms with Gasteiger partial charge < -0.3 is 14.8 Å². The number of likely N-dealkylation sites (tertiary alicyclic amines) is 1. The van der Waals surface area contributed by atoms with Gasteiger partial charge in [-0.15, -0.1) is 0 Å². The number of nitrogens with one attached hydrogen (secondary N) is 1. The second-order valence-corrected chi connectivity index (χ2v) is 6.83. The highest BCUT2D eigenvalue weighted by molar-refractivity contribution is 5.87. The molecule has 0 spiro atoms. The van der Waals surface area contributed by atoms with E-state index in [2.05, 4.69) is 26.9 Å². The van der Waals surface area contributed by atoms with Crippen LogP contribution in [0.1, 0.15) is 19.3 Å². The second-order valence-electron chi connectivity index (χ2n) is 6.83. The van der Waals surface area contributed by atoms with Gasteiger partial charge in [0.1, 0.15) is 24.2 Å². The SMILES string of the molecule is CN(c1ncnc2[nH]ccc12)[C@@H]1CC2CN(C(=O)CC#N)C[C@@H]2C1. The van der Waals surface area contributed by atoms with Crippen molar-refractivity contribution in [1.82, 2.24) is 19.9 Å². The third kappa shape index (κ3) is 2.39. The number of hydrogen-bond donors (Lipinski definition) is 1. The molecule has 0 bridgehead atoms. The predicted octanol–water partition coefficient (Wildman–Crippen LogP) is 1.54. The summed E-state index contributed by atoms with van der Waals surface area (Å²) >= 11 is 0. The monoisotopic (exact) mass is 324 g/mol. The van der Waals surface area contributed by atoms with E-state index in [0.717, 1.165) is 42.8 Å². The van der Waals surface area contributed by atoms with E-state index in [1.54, 1.807) is 6.33 Å². The normalized spacial score (nSPS) is 25.7. The van der Waals surface area contributed by atoms with Crippen molar-refractivity contribution in [2.24, 2.45) is 11.8 Å². The Hall–Kier alpha value is -2.62. The van der Waals surface area contributed by atoms with Crippen LogP contribution in [0.25, 0.3) is 11.0 Å². The van der Waals surface area contributed by atoms with Gasteiger partial charge in [-0.05, 0) is 30.7 Å². The highest BCUT2D eigenvalue weighted by Crippen LogP contribution is 2.41. The van der Waals surface area contributed by atoms with Gasteiger partial charge in [0.25, 0.3) is 0 Å². The summed E-state index contributed by atoms with van der Waals surface area (Å²) in [5.41, 5.74) is 0.860. The van der Waals surface area contributed by atoms with Crippen LogP contribution in [0.15, 0.2) is 18.6 Å². The van der Waals surface area contributed by atoms with Gasteiger partial charge in [-0.3, -0.25) is 4.79 Å². The van der Waals surface area contributed by atoms with Crippen LogP contribution in [0.5, 0.6) is 0 Å². The highest BCUT2D eigenvalue weighted by Gasteiger charge is 2.43. The summed E-state index contributed by atoms with van der Waals surface area (Å²) in [5.74, 6) is 2.00. The Morgan fingerprint density at radius 2 is 2.17 bits per heavy atom. The molecule has 1 saturated heterocycles. The Morgan fingerprint density at radius 3 is 2.88 bits per heavy atom. The van der Waals surface area contributed by atoms with E-state index in [1.165, 1.54) is 0 Å². The lowest BCUT2D eigenvalue weighted by Crippen LogP contribution is -2.34. The van der Waals surface area contributed by atoms with Gasteiger partial charge in [0.2, 0.25) is 5.91 Å². The van der Waals surface area contributed by atoms with Crippen molar-refractivity contribution in [3.05, 3.63) is 18.6 Å². The molecule has 7 heteroatoms. The first-order valence-electron chi connectivity index (χ1n) is 8.33. The Balaban J connectivity index is 1.46. The molecule has 1 aliphatic carbocycles. The average Bonchev–Trinajstić information content (AvgIpc) is 3.27. The quantitative estimate of drug-likeness (QED) is 0.925. The number of H-pyrrole nitrogens is 1. The summed E-state index contributed by atoms with van der Waals surface area (Å²) in [5, 5.41) is 9.74. The molecule has 4 rings (SSSR count). The van der Waals surface area contributed by atoms with Crippen LogP contribution in [0.4, 0.5) is 5.82 Å². The molecular weight excluding hydrogens is 304 g/mol. The number of carbonyl (C=O) groups is 1. The highest BCUT2D eigenvalue weighted by atomic mass is 16.2. The first kappa shape index (κ1) is 14.9. The molecule has 24 heavy (non-hydrogen) atoms. The van der Waals surface area contributed by atoms with E-state index in [9.17, 15) is 4.79 Å². The number of nitriles is 1. The van der Waals surface area contributed by atoms with Crippen molar-refractivity contribution in [3.8, 4) is 6.07 Å². The van der Waals surface area contributed by atoms with Crippen molar-refractivity contribution in [2.75, 3.05) is 25.0 Å². The summed E-state index contributed by atoms with van der Waals surface area (Å²) in [7, 11) is 2.10. The van der Waals surface area contributed by atoms with Gasteiger partial charge in [0.05, 0.1) is 11.5 Å². The topological polar surface area (TPSA) is 88.9 Å². The molecule has 1 unspecified atom stereocenters. The predicted molar refractivity (Wildman–Crippen MR) is 89.1 cm³/mol. The van der Waals surface area contributed by atoms with E-state index in [1.807, 2.05) is 23.2 Å². The smallest absolute Gasteiger partial charge is 0.236 e. The van der Waals surface area contributed by atoms with Crippen LogP contribution < -0.4 is 4.90 Å². The Morgan fingerprint density at radius 1 is 1.42 bits per heavy atom. The number of rotatable bonds is 3. The molecule has 2 fully saturated rings. The maximum Gasteiger partial charge on any atom is 0.236 e. The molecule has 1 aliphatic heterocycles. The number of aromatic nitrogens is 3. The first-order chi connectivity index (χ1) is 11.7. The van der Waals surface area contributed by atoms with Crippen LogP contribution in [0.2, 0.25) is 0 Å². The Kier molecular flexibility index (Phi) is 3.60. The van der Waals surface area contributed by atoms with Gasteiger partial charge in [0, 0.05) is 32.4 Å². The molecule has 1 saturated carbocycles. The van der Waals surface area contributed by atoms with Gasteiger partial charge in [-0.2, -0.15) is 5.26 Å². The fourth-order valence-electron chi connectivity index (χ4n) is 4.28. The Labute approximate surface area is 140 Å². The van der Waals surface area contributed by atoms with Gasteiger partial charge in [0.15, 0.2) is 0 Å². The average molecular weight is 324 g/mol. The maximum atomic E-state index is 11.9. The minimum absolute atomic E-state index is 0.00478. The first-order valence-corrected chi connectivity index (χ1v) is 8.33. The second kappa shape index (κ2) is 5.78. The number of amides is 1. The summed E-state index contributed by atoms with van der Waals surface area (Å²) < 4.78 is 0. The zero-order valence-electron chi connectivity index (χ0n) is 13.6. The van der Waals surface area contributed by atoms with E-state index < -0.39 is 0 Å². The molecule has 2 aliphatic rings. The van der Waals surface area contributed by atoms with Crippen LogP contribution in [0, 0.1) is 23.2 Å². The maximum absolute atomic E-state index is 11.9. The van der Waals surface area contributed by atoms with Crippen molar-refractivity contribution in [2.45, 2.75) is 25.3 Å². The number of carbonyl (C=O) groups excluding carboxylic acids is 1. The van der Waals surface area contributed by atoms with E-state index in [0.29, 0.717) is 17.9 Å². The molecule has 2 aromatic heterocycles. The molecule has 2 aromatic rings. The minimum Gasteiger partial charge on any atom is -0.356 e. The molecule has 3 heterocycles. The number of fused-ring (bicyclic) bond motifs is 2. The van der Waals surface area contributed by atoms with Crippen LogP contribution in [-0.2, 0) is 4.79 Å². The lowest BCUT2D eigenvalue weighted by molar-refractivity contribution is -0.129. The van der Waals surface area contributed by atoms with Gasteiger partial charge in [-0.1, -0.05) is 0 Å². The molecule has 3 atom stereocenters. The molecular formula is C17H20N6O. The van der Waals surface area contributed by atoms with Crippen LogP contribution >= 0.6 is 0 Å². The van der Waals surface area contributed by atoms with Gasteiger partial charge in [-0.25, -0.2) is 9.97 Å². The summed E-state index contributed by atoms with van der Waals surface area (Å²) in [6.07, 6.45) is 5.61. The molecule has 124 valence electrons. The number of nitrogens with zero attached hydrogens (tertiary/aromatic N) is 5. The molecule has 7 nitrogen and oxygen atoms in total. The third-order valence-electron chi connectivity index (χ3n) is 5.52. The zero-order chi connectivity index (χ0) is 16.7. The van der Waals surface area contributed by atoms with Crippen molar-refractivity contribution >= 4 is 22.8 Å². The number of aromatic amines is 1. The largest absolute Gasteiger partial charge is 0.356 e.